The van der Waals surface area contributed by atoms with Crippen molar-refractivity contribution in [1.29, 1.82) is 0 Å². The van der Waals surface area contributed by atoms with Crippen molar-refractivity contribution in [3.05, 3.63) is 42.0 Å². The maximum atomic E-state index is 6.43. The fraction of sp³-hybridized carbons (Fsp3) is 0.357. The summed E-state index contributed by atoms with van der Waals surface area (Å²) >= 11 is 17.0. The Bertz CT molecular complexity index is 632. The van der Waals surface area contributed by atoms with Crippen molar-refractivity contribution in [3.8, 4) is 0 Å². The molecule has 2 rings (SSSR count). The van der Waals surface area contributed by atoms with E-state index in [-0.39, 0.29) is 0 Å². The summed E-state index contributed by atoms with van der Waals surface area (Å²) < 4.78 is 4.93. The number of aryl methyl sites for hydroxylation is 2. The third-order valence-electron chi connectivity index (χ3n) is 3.13. The molecule has 0 atom stereocenters. The first-order chi connectivity index (χ1) is 9.97. The van der Waals surface area contributed by atoms with Gasteiger partial charge in [-0.15, -0.1) is 0 Å². The summed E-state index contributed by atoms with van der Waals surface area (Å²) in [5, 5.41) is 8.71. The van der Waals surface area contributed by atoms with Crippen LogP contribution in [0.1, 0.15) is 25.2 Å². The highest BCUT2D eigenvalue weighted by Gasteiger charge is 2.15. The molecule has 0 radical (unpaired) electrons. The number of rotatable bonds is 5. The monoisotopic (exact) mass is 497 g/mol. The van der Waals surface area contributed by atoms with Gasteiger partial charge in [-0.25, -0.2) is 0 Å². The molecule has 0 amide bonds. The summed E-state index contributed by atoms with van der Waals surface area (Å²) in [5.74, 6) is 0. The van der Waals surface area contributed by atoms with Gasteiger partial charge in [-0.3, -0.25) is 4.68 Å². The molecule has 1 N–H and O–H groups in total. The van der Waals surface area contributed by atoms with Crippen LogP contribution in [0.25, 0.3) is 0 Å². The number of anilines is 1. The maximum Gasteiger partial charge on any atom is 0.0868 e. The molecule has 1 aromatic heterocycles. The van der Waals surface area contributed by atoms with E-state index >= 15 is 0 Å². The van der Waals surface area contributed by atoms with Crippen LogP contribution in [0.4, 0.5) is 5.69 Å². The van der Waals surface area contributed by atoms with E-state index in [1.807, 2.05) is 16.8 Å². The number of hydrogen-bond donors (Lipinski definition) is 1. The molecule has 3 nitrogen and oxygen atoms in total. The van der Waals surface area contributed by atoms with Gasteiger partial charge in [0.1, 0.15) is 0 Å². The second-order valence-corrected chi connectivity index (χ2v) is 7.48. The molecule has 0 saturated heterocycles. The third kappa shape index (κ3) is 3.84. The average molecular weight is 500 g/mol. The van der Waals surface area contributed by atoms with E-state index < -0.39 is 0 Å². The van der Waals surface area contributed by atoms with Gasteiger partial charge in [0.25, 0.3) is 0 Å². The second kappa shape index (κ2) is 7.49. The Morgan fingerprint density at radius 1 is 1.19 bits per heavy atom. The minimum absolute atomic E-state index is 0.624. The average Bonchev–Trinajstić information content (AvgIpc) is 2.73. The van der Waals surface area contributed by atoms with Crippen LogP contribution in [0, 0.1) is 0 Å². The summed E-state index contributed by atoms with van der Waals surface area (Å²) in [7, 11) is 0. The number of hydrogen-bond acceptors (Lipinski definition) is 2. The van der Waals surface area contributed by atoms with Crippen molar-refractivity contribution < 1.29 is 0 Å². The van der Waals surface area contributed by atoms with Crippen molar-refractivity contribution in [2.75, 3.05) is 5.32 Å². The van der Waals surface area contributed by atoms with E-state index in [9.17, 15) is 0 Å². The number of benzene rings is 1. The quantitative estimate of drug-likeness (QED) is 0.545. The molecule has 0 aliphatic rings. The summed E-state index contributed by atoms with van der Waals surface area (Å²) in [6.45, 7) is 5.56. The summed E-state index contributed by atoms with van der Waals surface area (Å²) in [6.07, 6.45) is 0.838. The molecule has 1 heterocycles. The fourth-order valence-corrected chi connectivity index (χ4v) is 4.94. The molecular formula is C14H15Br3ClN3. The zero-order valence-corrected chi connectivity index (χ0v) is 17.2. The van der Waals surface area contributed by atoms with Gasteiger partial charge in [-0.1, -0.05) is 34.5 Å². The van der Waals surface area contributed by atoms with Crippen LogP contribution in [0.5, 0.6) is 0 Å². The van der Waals surface area contributed by atoms with E-state index in [0.717, 1.165) is 48.5 Å². The Kier molecular flexibility index (Phi) is 6.17. The lowest BCUT2D eigenvalue weighted by Gasteiger charge is -2.12. The zero-order valence-electron chi connectivity index (χ0n) is 11.7. The van der Waals surface area contributed by atoms with Crippen LogP contribution < -0.4 is 5.32 Å². The standard InChI is InChI=1S/C14H15Br3ClN3/c1-3-11-13(18)12(21(4-2)20-11)7-19-14-9(16)5-8(15)6-10(14)17/h5-6,19H,3-4,7H2,1-2H3. The summed E-state index contributed by atoms with van der Waals surface area (Å²) in [6, 6.07) is 4.01. The van der Waals surface area contributed by atoms with Crippen LogP contribution >= 0.6 is 59.4 Å². The molecular weight excluding hydrogens is 485 g/mol. The highest BCUT2D eigenvalue weighted by Crippen LogP contribution is 2.35. The van der Waals surface area contributed by atoms with E-state index in [2.05, 4.69) is 72.1 Å². The molecule has 0 unspecified atom stereocenters. The van der Waals surface area contributed by atoms with Crippen molar-refractivity contribution in [2.45, 2.75) is 33.4 Å². The molecule has 2 aromatic rings. The van der Waals surface area contributed by atoms with Crippen molar-refractivity contribution in [1.82, 2.24) is 9.78 Å². The maximum absolute atomic E-state index is 6.43. The van der Waals surface area contributed by atoms with Crippen LogP contribution in [0.15, 0.2) is 25.6 Å². The van der Waals surface area contributed by atoms with Gasteiger partial charge < -0.3 is 5.32 Å². The second-order valence-electron chi connectivity index (χ2n) is 4.47. The largest absolute Gasteiger partial charge is 0.378 e. The molecule has 7 heteroatoms. The van der Waals surface area contributed by atoms with Gasteiger partial charge in [0.05, 0.1) is 28.6 Å². The van der Waals surface area contributed by atoms with E-state index in [1.165, 1.54) is 0 Å². The molecule has 0 aliphatic carbocycles. The zero-order chi connectivity index (χ0) is 15.6. The lowest BCUT2D eigenvalue weighted by molar-refractivity contribution is 0.619. The first kappa shape index (κ1) is 17.3. The molecule has 0 spiro atoms. The predicted molar refractivity (Wildman–Crippen MR) is 99.2 cm³/mol. The summed E-state index contributed by atoms with van der Waals surface area (Å²) in [4.78, 5) is 0. The normalized spacial score (nSPS) is 11.0. The van der Waals surface area contributed by atoms with Gasteiger partial charge in [0.15, 0.2) is 0 Å². The number of nitrogens with zero attached hydrogens (tertiary/aromatic N) is 2. The van der Waals surface area contributed by atoms with Gasteiger partial charge >= 0.3 is 0 Å². The Morgan fingerprint density at radius 3 is 2.33 bits per heavy atom. The molecule has 0 aliphatic heterocycles. The van der Waals surface area contributed by atoms with Crippen LogP contribution in [-0.2, 0) is 19.5 Å². The van der Waals surface area contributed by atoms with Gasteiger partial charge in [0.2, 0.25) is 0 Å². The highest BCUT2D eigenvalue weighted by molar-refractivity contribution is 9.11. The van der Waals surface area contributed by atoms with Crippen molar-refractivity contribution in [3.63, 3.8) is 0 Å². The molecule has 0 fully saturated rings. The Morgan fingerprint density at radius 2 is 1.81 bits per heavy atom. The SMILES string of the molecule is CCc1nn(CC)c(CNc2c(Br)cc(Br)cc2Br)c1Cl. The molecule has 0 saturated carbocycles. The van der Waals surface area contributed by atoms with E-state index in [4.69, 9.17) is 11.6 Å². The Hall–Kier alpha value is -0.0400. The van der Waals surface area contributed by atoms with E-state index in [1.54, 1.807) is 0 Å². The van der Waals surface area contributed by atoms with Crippen LogP contribution in [0.3, 0.4) is 0 Å². The highest BCUT2D eigenvalue weighted by atomic mass is 79.9. The number of nitrogens with one attached hydrogen (secondary N) is 1. The number of halogens is 4. The molecule has 114 valence electrons. The van der Waals surface area contributed by atoms with E-state index in [0.29, 0.717) is 6.54 Å². The predicted octanol–water partition coefficient (Wildman–Crippen LogP) is 6.02. The smallest absolute Gasteiger partial charge is 0.0868 e. The first-order valence-corrected chi connectivity index (χ1v) is 9.36. The van der Waals surface area contributed by atoms with Crippen LogP contribution in [-0.4, -0.2) is 9.78 Å². The number of aromatic nitrogens is 2. The van der Waals surface area contributed by atoms with Crippen LogP contribution in [0.2, 0.25) is 5.02 Å². The van der Waals surface area contributed by atoms with Gasteiger partial charge in [-0.2, -0.15) is 5.10 Å². The van der Waals surface area contributed by atoms with Gasteiger partial charge in [-0.05, 0) is 57.3 Å². The minimum Gasteiger partial charge on any atom is -0.378 e. The molecule has 21 heavy (non-hydrogen) atoms. The first-order valence-electron chi connectivity index (χ1n) is 6.60. The minimum atomic E-state index is 0.624. The lowest BCUT2D eigenvalue weighted by Crippen LogP contribution is -2.09. The molecule has 0 bridgehead atoms. The Labute approximate surface area is 154 Å². The Balaban J connectivity index is 2.26. The fourth-order valence-electron chi connectivity index (χ4n) is 2.07. The third-order valence-corrected chi connectivity index (χ3v) is 5.28. The lowest BCUT2D eigenvalue weighted by atomic mass is 10.2. The molecule has 1 aromatic carbocycles. The topological polar surface area (TPSA) is 29.9 Å². The summed E-state index contributed by atoms with van der Waals surface area (Å²) in [5.41, 5.74) is 2.96. The van der Waals surface area contributed by atoms with Gasteiger partial charge in [0, 0.05) is 20.0 Å². The van der Waals surface area contributed by atoms with Crippen molar-refractivity contribution in [2.24, 2.45) is 0 Å². The van der Waals surface area contributed by atoms with Crippen molar-refractivity contribution >= 4 is 65.1 Å².